The maximum Gasteiger partial charge on any atom is 0.409 e. The molecule has 100 valence electrons. The van der Waals surface area contributed by atoms with Crippen LogP contribution in [0.25, 0.3) is 11.4 Å². The van der Waals surface area contributed by atoms with Crippen LogP contribution >= 0.6 is 0 Å². The average Bonchev–Trinajstić information content (AvgIpc) is 2.86. The van der Waals surface area contributed by atoms with Crippen LogP contribution in [0.3, 0.4) is 0 Å². The molecule has 19 heavy (non-hydrogen) atoms. The van der Waals surface area contributed by atoms with Crippen molar-refractivity contribution in [2.75, 3.05) is 6.54 Å². The number of hydrogen-bond acceptors (Lipinski definition) is 4. The Bertz CT molecular complexity index is 583. The van der Waals surface area contributed by atoms with Gasteiger partial charge in [0.25, 0.3) is 0 Å². The highest BCUT2D eigenvalue weighted by Crippen LogP contribution is 2.33. The van der Waals surface area contributed by atoms with Crippen LogP contribution in [0.4, 0.5) is 4.79 Å². The van der Waals surface area contributed by atoms with Crippen LogP contribution in [-0.4, -0.2) is 42.4 Å². The lowest BCUT2D eigenvalue weighted by atomic mass is 9.96. The molecule has 3 aliphatic heterocycles. The van der Waals surface area contributed by atoms with Crippen LogP contribution in [0, 0.1) is 0 Å². The average molecular weight is 261 g/mol. The summed E-state index contributed by atoms with van der Waals surface area (Å²) < 4.78 is 1.85. The van der Waals surface area contributed by atoms with E-state index in [1.807, 2.05) is 17.7 Å². The summed E-state index contributed by atoms with van der Waals surface area (Å²) in [5, 5.41) is 17.1. The summed E-state index contributed by atoms with van der Waals surface area (Å²) in [6.07, 6.45) is 6.92. The van der Waals surface area contributed by atoms with Gasteiger partial charge in [-0.05, 0) is 26.2 Å². The molecule has 1 N–H and O–H groups in total. The number of aromatic nitrogens is 4. The number of likely N-dealkylation sites (tertiary alicyclic amines) is 1. The number of piperidine rings is 1. The highest BCUT2D eigenvalue weighted by atomic mass is 16.4. The quantitative estimate of drug-likeness (QED) is 0.843. The van der Waals surface area contributed by atoms with E-state index in [1.54, 1.807) is 12.5 Å². The molecule has 1 amide bonds. The molecule has 0 saturated carbocycles. The molecule has 3 heterocycles. The summed E-state index contributed by atoms with van der Waals surface area (Å²) in [5.74, 6) is 0.581. The minimum absolute atomic E-state index is 0.550. The summed E-state index contributed by atoms with van der Waals surface area (Å²) >= 11 is 0. The molecule has 3 rings (SSSR count). The molecule has 0 radical (unpaired) electrons. The van der Waals surface area contributed by atoms with Gasteiger partial charge < -0.3 is 9.67 Å². The number of hydrogen-bond donors (Lipinski definition) is 1. The van der Waals surface area contributed by atoms with E-state index in [1.165, 1.54) is 4.90 Å². The fourth-order valence-electron chi connectivity index (χ4n) is 2.69. The molecular formula is C12H15N5O2. The summed E-state index contributed by atoms with van der Waals surface area (Å²) in [6.45, 7) is 2.48. The summed E-state index contributed by atoms with van der Waals surface area (Å²) in [4.78, 5) is 17.1. The van der Waals surface area contributed by atoms with Crippen LogP contribution in [0.2, 0.25) is 0 Å². The van der Waals surface area contributed by atoms with Gasteiger partial charge in [0.2, 0.25) is 0 Å². The SMILES string of the molecule is CC1(n2cnc3nncc-3c2)CCCCN1C(=O)O. The maximum absolute atomic E-state index is 11.4. The Kier molecular flexibility index (Phi) is 2.62. The first kappa shape index (κ1) is 11.9. The Balaban J connectivity index is 2.06. The van der Waals surface area contributed by atoms with E-state index in [2.05, 4.69) is 15.2 Å². The predicted octanol–water partition coefficient (Wildman–Crippen LogP) is 1.61. The third-order valence-corrected chi connectivity index (χ3v) is 3.84. The second kappa shape index (κ2) is 4.18. The van der Waals surface area contributed by atoms with Gasteiger partial charge >= 0.3 is 6.09 Å². The summed E-state index contributed by atoms with van der Waals surface area (Å²) in [5.41, 5.74) is 0.224. The van der Waals surface area contributed by atoms with Gasteiger partial charge in [0.15, 0.2) is 5.82 Å². The summed E-state index contributed by atoms with van der Waals surface area (Å²) in [7, 11) is 0. The maximum atomic E-state index is 11.4. The number of carbonyl (C=O) groups is 1. The number of carboxylic acid groups (broad SMARTS) is 1. The topological polar surface area (TPSA) is 84.1 Å². The lowest BCUT2D eigenvalue weighted by Crippen LogP contribution is -2.53. The van der Waals surface area contributed by atoms with E-state index >= 15 is 0 Å². The molecule has 0 bridgehead atoms. The van der Waals surface area contributed by atoms with Gasteiger partial charge in [-0.2, -0.15) is 5.10 Å². The van der Waals surface area contributed by atoms with E-state index in [9.17, 15) is 9.90 Å². The monoisotopic (exact) mass is 261 g/mol. The molecule has 3 aliphatic rings. The molecule has 0 aromatic carbocycles. The molecule has 0 aliphatic carbocycles. The van der Waals surface area contributed by atoms with Crippen LogP contribution in [0.1, 0.15) is 26.2 Å². The normalized spacial score (nSPS) is 23.7. The largest absolute Gasteiger partial charge is 0.465 e. The second-order valence-corrected chi connectivity index (χ2v) is 5.01. The minimum Gasteiger partial charge on any atom is -0.465 e. The van der Waals surface area contributed by atoms with Crippen molar-refractivity contribution in [3.8, 4) is 11.4 Å². The second-order valence-electron chi connectivity index (χ2n) is 5.01. The molecule has 1 fully saturated rings. The molecule has 7 nitrogen and oxygen atoms in total. The third-order valence-electron chi connectivity index (χ3n) is 3.84. The highest BCUT2D eigenvalue weighted by molar-refractivity contribution is 5.66. The van der Waals surface area contributed by atoms with Crippen molar-refractivity contribution in [1.82, 2.24) is 24.6 Å². The molecule has 1 saturated heterocycles. The van der Waals surface area contributed by atoms with Crippen molar-refractivity contribution in [3.63, 3.8) is 0 Å². The first-order chi connectivity index (χ1) is 9.11. The molecule has 7 heteroatoms. The van der Waals surface area contributed by atoms with Crippen molar-refractivity contribution < 1.29 is 9.90 Å². The number of fused-ring (bicyclic) bond motifs is 1. The van der Waals surface area contributed by atoms with Crippen LogP contribution < -0.4 is 0 Å². The summed E-state index contributed by atoms with van der Waals surface area (Å²) in [6, 6.07) is 0. The zero-order chi connectivity index (χ0) is 13.5. The van der Waals surface area contributed by atoms with Crippen molar-refractivity contribution in [2.45, 2.75) is 31.8 Å². The van der Waals surface area contributed by atoms with Gasteiger partial charge in [0.1, 0.15) is 5.66 Å². The Labute approximate surface area is 110 Å². The van der Waals surface area contributed by atoms with Crippen molar-refractivity contribution in [1.29, 1.82) is 0 Å². The van der Waals surface area contributed by atoms with E-state index in [4.69, 9.17) is 0 Å². The standard InChI is InChI=1S/C12H15N5O2/c1-12(4-2-3-5-17(12)11(18)19)16-7-9-6-14-15-10(9)13-8-16/h6-8H,2-5H2,1H3,(H,18,19). The van der Waals surface area contributed by atoms with Gasteiger partial charge in [-0.3, -0.25) is 4.90 Å². The lowest BCUT2D eigenvalue weighted by molar-refractivity contribution is 0.00762. The van der Waals surface area contributed by atoms with Crippen LogP contribution in [0.15, 0.2) is 18.7 Å². The Morgan fingerprint density at radius 2 is 2.32 bits per heavy atom. The lowest BCUT2D eigenvalue weighted by Gasteiger charge is -2.44. The Hall–Kier alpha value is -2.18. The van der Waals surface area contributed by atoms with Crippen LogP contribution in [0.5, 0.6) is 0 Å². The van der Waals surface area contributed by atoms with Gasteiger partial charge in [-0.1, -0.05) is 0 Å². The first-order valence-electron chi connectivity index (χ1n) is 6.28. The highest BCUT2D eigenvalue weighted by Gasteiger charge is 2.39. The van der Waals surface area contributed by atoms with Gasteiger partial charge in [0, 0.05) is 12.7 Å². The Morgan fingerprint density at radius 1 is 1.47 bits per heavy atom. The third kappa shape index (κ3) is 1.81. The van der Waals surface area contributed by atoms with Crippen LogP contribution in [-0.2, 0) is 5.66 Å². The number of rotatable bonds is 1. The Morgan fingerprint density at radius 3 is 3.11 bits per heavy atom. The van der Waals surface area contributed by atoms with Gasteiger partial charge in [0.05, 0.1) is 18.1 Å². The zero-order valence-electron chi connectivity index (χ0n) is 10.7. The van der Waals surface area contributed by atoms with Crippen molar-refractivity contribution in [2.24, 2.45) is 0 Å². The van der Waals surface area contributed by atoms with Crippen molar-refractivity contribution >= 4 is 6.09 Å². The molecule has 0 aromatic heterocycles. The molecule has 0 spiro atoms. The molecule has 1 atom stereocenters. The van der Waals surface area contributed by atoms with E-state index < -0.39 is 11.8 Å². The van der Waals surface area contributed by atoms with E-state index in [0.29, 0.717) is 12.4 Å². The number of amides is 1. The fraction of sp³-hybridized carbons (Fsp3) is 0.500. The number of nitrogens with zero attached hydrogens (tertiary/aromatic N) is 5. The van der Waals surface area contributed by atoms with Crippen molar-refractivity contribution in [3.05, 3.63) is 18.7 Å². The molecular weight excluding hydrogens is 246 g/mol. The predicted molar refractivity (Wildman–Crippen MR) is 66.7 cm³/mol. The zero-order valence-corrected chi connectivity index (χ0v) is 10.7. The smallest absolute Gasteiger partial charge is 0.409 e. The van der Waals surface area contributed by atoms with E-state index in [0.717, 1.165) is 24.8 Å². The molecule has 0 aromatic rings. The minimum atomic E-state index is -0.895. The fourth-order valence-corrected chi connectivity index (χ4v) is 2.69. The van der Waals surface area contributed by atoms with E-state index in [-0.39, 0.29) is 0 Å². The molecule has 1 unspecified atom stereocenters. The first-order valence-corrected chi connectivity index (χ1v) is 6.28. The van der Waals surface area contributed by atoms with Gasteiger partial charge in [-0.15, -0.1) is 5.10 Å². The van der Waals surface area contributed by atoms with Gasteiger partial charge in [-0.25, -0.2) is 9.78 Å².